The molecule has 0 unspecified atom stereocenters. The van der Waals surface area contributed by atoms with Gasteiger partial charge in [-0.3, -0.25) is 4.31 Å². The summed E-state index contributed by atoms with van der Waals surface area (Å²) in [7, 11) is -1.13. The molecule has 0 N–H and O–H groups in total. The molecule has 26 heavy (non-hydrogen) atoms. The number of carbonyl (C=O) groups excluding carboxylic acids is 1. The monoisotopic (exact) mass is 439 g/mol. The van der Waals surface area contributed by atoms with Crippen LogP contribution in [0.25, 0.3) is 0 Å². The third kappa shape index (κ3) is 4.08. The van der Waals surface area contributed by atoms with Crippen LogP contribution in [0.15, 0.2) is 64.5 Å². The fourth-order valence-corrected chi connectivity index (χ4v) is 4.45. The number of anilines is 1. The second-order valence-electron chi connectivity index (χ2n) is 5.16. The molecule has 6 nitrogen and oxygen atoms in total. The summed E-state index contributed by atoms with van der Waals surface area (Å²) >= 11 is 3.29. The maximum absolute atomic E-state index is 13.1. The average Bonchev–Trinajstić information content (AvgIpc) is 2.65. The molecule has 138 valence electrons. The van der Waals surface area contributed by atoms with Gasteiger partial charge >= 0.3 is 5.97 Å². The lowest BCUT2D eigenvalue weighted by Gasteiger charge is -2.24. The standard InChI is InChI=1S/C18H18BrNO5S/c1-4-10-20(14-7-5-6-13(11-14)18(21)25-3)26(22,23)15-8-9-17(24-2)16(19)12-15/h4-9,11-12H,1,10H2,2-3H3. The Hall–Kier alpha value is -2.32. The third-order valence-electron chi connectivity index (χ3n) is 3.56. The van der Waals surface area contributed by atoms with Gasteiger partial charge in [-0.15, -0.1) is 6.58 Å². The molecule has 0 aliphatic rings. The number of esters is 1. The van der Waals surface area contributed by atoms with E-state index < -0.39 is 16.0 Å². The number of hydrogen-bond acceptors (Lipinski definition) is 5. The van der Waals surface area contributed by atoms with Crippen molar-refractivity contribution < 1.29 is 22.7 Å². The van der Waals surface area contributed by atoms with E-state index in [1.54, 1.807) is 24.3 Å². The average molecular weight is 440 g/mol. The summed E-state index contributed by atoms with van der Waals surface area (Å²) in [5, 5.41) is 0. The maximum Gasteiger partial charge on any atom is 0.337 e. The van der Waals surface area contributed by atoms with Crippen LogP contribution in [0.3, 0.4) is 0 Å². The molecule has 0 amide bonds. The second kappa shape index (κ2) is 8.37. The van der Waals surface area contributed by atoms with Gasteiger partial charge in [0.05, 0.1) is 41.4 Å². The lowest BCUT2D eigenvalue weighted by atomic mass is 10.2. The number of nitrogens with zero attached hydrogens (tertiary/aromatic N) is 1. The van der Waals surface area contributed by atoms with Crippen LogP contribution in [0.1, 0.15) is 10.4 Å². The van der Waals surface area contributed by atoms with Crippen molar-refractivity contribution in [3.8, 4) is 5.75 Å². The van der Waals surface area contributed by atoms with Crippen molar-refractivity contribution in [3.63, 3.8) is 0 Å². The topological polar surface area (TPSA) is 72.9 Å². The van der Waals surface area contributed by atoms with Gasteiger partial charge in [-0.05, 0) is 52.3 Å². The second-order valence-corrected chi connectivity index (χ2v) is 7.88. The van der Waals surface area contributed by atoms with Crippen LogP contribution in [0.5, 0.6) is 5.75 Å². The number of methoxy groups -OCH3 is 2. The van der Waals surface area contributed by atoms with Gasteiger partial charge in [0.15, 0.2) is 0 Å². The van der Waals surface area contributed by atoms with Crippen LogP contribution in [0.2, 0.25) is 0 Å². The summed E-state index contributed by atoms with van der Waals surface area (Å²) in [6.45, 7) is 3.66. The van der Waals surface area contributed by atoms with Crippen molar-refractivity contribution in [1.29, 1.82) is 0 Å². The summed E-state index contributed by atoms with van der Waals surface area (Å²) in [5.41, 5.74) is 0.588. The summed E-state index contributed by atoms with van der Waals surface area (Å²) in [6.07, 6.45) is 1.47. The predicted octanol–water partition coefficient (Wildman–Crippen LogP) is 3.63. The van der Waals surface area contributed by atoms with E-state index in [0.29, 0.717) is 15.9 Å². The molecule has 2 aromatic carbocycles. The van der Waals surface area contributed by atoms with E-state index >= 15 is 0 Å². The minimum Gasteiger partial charge on any atom is -0.496 e. The number of benzene rings is 2. The molecule has 8 heteroatoms. The molecule has 0 aromatic heterocycles. The molecular formula is C18H18BrNO5S. The molecule has 2 rings (SSSR count). The first-order valence-corrected chi connectivity index (χ1v) is 9.74. The zero-order valence-corrected chi connectivity index (χ0v) is 16.7. The molecule has 2 aromatic rings. The highest BCUT2D eigenvalue weighted by Crippen LogP contribution is 2.31. The lowest BCUT2D eigenvalue weighted by Crippen LogP contribution is -2.31. The van der Waals surface area contributed by atoms with Crippen molar-refractivity contribution in [1.82, 2.24) is 0 Å². The zero-order chi connectivity index (χ0) is 19.3. The molecule has 0 fully saturated rings. The predicted molar refractivity (Wildman–Crippen MR) is 103 cm³/mol. The molecule has 0 bridgehead atoms. The molecular weight excluding hydrogens is 422 g/mol. The van der Waals surface area contributed by atoms with Crippen molar-refractivity contribution in [3.05, 3.63) is 65.2 Å². The van der Waals surface area contributed by atoms with Crippen LogP contribution in [-0.2, 0) is 14.8 Å². The van der Waals surface area contributed by atoms with E-state index in [2.05, 4.69) is 22.5 Å². The first kappa shape index (κ1) is 20.0. The normalized spacial score (nSPS) is 10.9. The van der Waals surface area contributed by atoms with E-state index in [0.717, 1.165) is 0 Å². The van der Waals surface area contributed by atoms with Gasteiger partial charge in [0.2, 0.25) is 0 Å². The van der Waals surface area contributed by atoms with Gasteiger partial charge in [0, 0.05) is 0 Å². The quantitative estimate of drug-likeness (QED) is 0.486. The molecule has 0 heterocycles. The van der Waals surface area contributed by atoms with E-state index in [1.807, 2.05) is 0 Å². The van der Waals surface area contributed by atoms with Crippen LogP contribution in [0.4, 0.5) is 5.69 Å². The Bertz CT molecular complexity index is 927. The number of sulfonamides is 1. The Kier molecular flexibility index (Phi) is 6.44. The van der Waals surface area contributed by atoms with Crippen molar-refractivity contribution in [2.75, 3.05) is 25.1 Å². The zero-order valence-electron chi connectivity index (χ0n) is 14.3. The van der Waals surface area contributed by atoms with Crippen LogP contribution in [0, 0.1) is 0 Å². The number of ether oxygens (including phenoxy) is 2. The molecule has 0 saturated carbocycles. The number of hydrogen-bond donors (Lipinski definition) is 0. The van der Waals surface area contributed by atoms with Gasteiger partial charge in [0.25, 0.3) is 10.0 Å². The summed E-state index contributed by atoms with van der Waals surface area (Å²) in [6, 6.07) is 10.7. The van der Waals surface area contributed by atoms with Crippen LogP contribution in [-0.4, -0.2) is 35.2 Å². The Balaban J connectivity index is 2.53. The number of carbonyl (C=O) groups is 1. The highest BCUT2D eigenvalue weighted by Gasteiger charge is 2.25. The lowest BCUT2D eigenvalue weighted by molar-refractivity contribution is 0.0600. The third-order valence-corrected chi connectivity index (χ3v) is 5.97. The molecule has 0 atom stereocenters. The van der Waals surface area contributed by atoms with Crippen molar-refractivity contribution in [2.24, 2.45) is 0 Å². The van der Waals surface area contributed by atoms with E-state index in [-0.39, 0.29) is 17.0 Å². The van der Waals surface area contributed by atoms with Gasteiger partial charge in [-0.25, -0.2) is 13.2 Å². The molecule has 0 saturated heterocycles. The summed E-state index contributed by atoms with van der Waals surface area (Å²) < 4.78 is 37.8. The number of halogens is 1. The highest BCUT2D eigenvalue weighted by molar-refractivity contribution is 9.10. The van der Waals surface area contributed by atoms with E-state index in [4.69, 9.17) is 9.47 Å². The summed E-state index contributed by atoms with van der Waals surface area (Å²) in [5.74, 6) is -0.0260. The van der Waals surface area contributed by atoms with Crippen molar-refractivity contribution in [2.45, 2.75) is 4.90 Å². The SMILES string of the molecule is C=CCN(c1cccc(C(=O)OC)c1)S(=O)(=O)c1ccc(OC)c(Br)c1. The van der Waals surface area contributed by atoms with Crippen LogP contribution >= 0.6 is 15.9 Å². The largest absolute Gasteiger partial charge is 0.496 e. The van der Waals surface area contributed by atoms with Crippen molar-refractivity contribution >= 4 is 37.6 Å². The number of rotatable bonds is 7. The van der Waals surface area contributed by atoms with Crippen LogP contribution < -0.4 is 9.04 Å². The molecule has 0 aliphatic carbocycles. The molecule has 0 spiro atoms. The fourth-order valence-electron chi connectivity index (χ4n) is 2.30. The highest BCUT2D eigenvalue weighted by atomic mass is 79.9. The minimum absolute atomic E-state index is 0.0383. The Morgan fingerprint density at radius 2 is 1.96 bits per heavy atom. The smallest absolute Gasteiger partial charge is 0.337 e. The van der Waals surface area contributed by atoms with Gasteiger partial charge in [-0.1, -0.05) is 12.1 Å². The molecule has 0 radical (unpaired) electrons. The van der Waals surface area contributed by atoms with E-state index in [1.165, 1.54) is 42.8 Å². The fraction of sp³-hybridized carbons (Fsp3) is 0.167. The Labute approximate surface area is 161 Å². The Morgan fingerprint density at radius 1 is 1.23 bits per heavy atom. The van der Waals surface area contributed by atoms with E-state index in [9.17, 15) is 13.2 Å². The summed E-state index contributed by atoms with van der Waals surface area (Å²) in [4.78, 5) is 11.8. The van der Waals surface area contributed by atoms with Gasteiger partial charge in [-0.2, -0.15) is 0 Å². The first-order chi connectivity index (χ1) is 12.3. The first-order valence-electron chi connectivity index (χ1n) is 7.50. The van der Waals surface area contributed by atoms with Gasteiger partial charge < -0.3 is 9.47 Å². The maximum atomic E-state index is 13.1. The molecule has 0 aliphatic heterocycles. The Morgan fingerprint density at radius 3 is 2.54 bits per heavy atom. The van der Waals surface area contributed by atoms with Gasteiger partial charge in [0.1, 0.15) is 5.75 Å². The minimum atomic E-state index is -3.89.